The fourth-order valence-electron chi connectivity index (χ4n) is 2.79. The van der Waals surface area contributed by atoms with E-state index in [9.17, 15) is 0 Å². The summed E-state index contributed by atoms with van der Waals surface area (Å²) in [5.41, 5.74) is 0. The Hall–Kier alpha value is -0.300. The third-order valence-corrected chi connectivity index (χ3v) is 4.68. The maximum atomic E-state index is 2.38. The van der Waals surface area contributed by atoms with Crippen molar-refractivity contribution in [2.45, 2.75) is 46.0 Å². The summed E-state index contributed by atoms with van der Waals surface area (Å²) in [4.78, 5) is 3.10. The second kappa shape index (κ2) is 4.06. The maximum absolute atomic E-state index is 2.38. The second-order valence-corrected chi connectivity index (χ2v) is 6.21. The summed E-state index contributed by atoms with van der Waals surface area (Å²) < 4.78 is 0. The van der Waals surface area contributed by atoms with Gasteiger partial charge in [0.05, 0.1) is 0 Å². The van der Waals surface area contributed by atoms with Crippen molar-refractivity contribution in [2.75, 3.05) is 0 Å². The monoisotopic (exact) mass is 208 g/mol. The number of hydrogen-bond donors (Lipinski definition) is 0. The van der Waals surface area contributed by atoms with Gasteiger partial charge < -0.3 is 0 Å². The standard InChI is InChI=1S/C13H20S/c1-9(2)11-5-4-6-12(11)13-8-7-10(3)14-13/h7-9,11-12H,4-6H2,1-3H3. The predicted octanol–water partition coefficient (Wildman–Crippen LogP) is 4.60. The van der Waals surface area contributed by atoms with Crippen molar-refractivity contribution >= 4 is 11.3 Å². The van der Waals surface area contributed by atoms with E-state index in [1.165, 1.54) is 24.1 Å². The zero-order valence-electron chi connectivity index (χ0n) is 9.42. The van der Waals surface area contributed by atoms with Gasteiger partial charge >= 0.3 is 0 Å². The van der Waals surface area contributed by atoms with Gasteiger partial charge in [-0.2, -0.15) is 0 Å². The van der Waals surface area contributed by atoms with Gasteiger partial charge in [-0.05, 0) is 49.7 Å². The molecular weight excluding hydrogens is 188 g/mol. The molecule has 14 heavy (non-hydrogen) atoms. The Morgan fingerprint density at radius 2 is 2.07 bits per heavy atom. The smallest absolute Gasteiger partial charge is 0.00818 e. The van der Waals surface area contributed by atoms with E-state index in [-0.39, 0.29) is 0 Å². The topological polar surface area (TPSA) is 0 Å². The summed E-state index contributed by atoms with van der Waals surface area (Å²) in [6.45, 7) is 6.97. The summed E-state index contributed by atoms with van der Waals surface area (Å²) in [6, 6.07) is 4.63. The highest BCUT2D eigenvalue weighted by Gasteiger charge is 2.31. The molecule has 1 heteroatoms. The van der Waals surface area contributed by atoms with Gasteiger partial charge in [0.15, 0.2) is 0 Å². The van der Waals surface area contributed by atoms with Crippen LogP contribution in [0.3, 0.4) is 0 Å². The van der Waals surface area contributed by atoms with Gasteiger partial charge in [-0.1, -0.05) is 20.3 Å². The van der Waals surface area contributed by atoms with E-state index in [0.717, 1.165) is 17.8 Å². The molecule has 0 amide bonds. The van der Waals surface area contributed by atoms with Crippen molar-refractivity contribution in [3.8, 4) is 0 Å². The molecule has 1 fully saturated rings. The lowest BCUT2D eigenvalue weighted by Crippen LogP contribution is -2.11. The van der Waals surface area contributed by atoms with Gasteiger partial charge in [0.1, 0.15) is 0 Å². The van der Waals surface area contributed by atoms with Crippen LogP contribution in [0.25, 0.3) is 0 Å². The number of thiophene rings is 1. The lowest BCUT2D eigenvalue weighted by atomic mass is 9.85. The van der Waals surface area contributed by atoms with Gasteiger partial charge in [0.25, 0.3) is 0 Å². The minimum absolute atomic E-state index is 0.852. The molecule has 0 aromatic carbocycles. The van der Waals surface area contributed by atoms with Gasteiger partial charge in [-0.15, -0.1) is 11.3 Å². The molecule has 1 aliphatic rings. The number of aryl methyl sites for hydroxylation is 1. The Morgan fingerprint density at radius 3 is 2.64 bits per heavy atom. The first-order valence-corrected chi connectivity index (χ1v) is 6.56. The fourth-order valence-corrected chi connectivity index (χ4v) is 3.88. The zero-order chi connectivity index (χ0) is 10.1. The second-order valence-electron chi connectivity index (χ2n) is 4.89. The minimum atomic E-state index is 0.852. The molecule has 0 spiro atoms. The Morgan fingerprint density at radius 1 is 1.29 bits per heavy atom. The van der Waals surface area contributed by atoms with Crippen molar-refractivity contribution in [2.24, 2.45) is 11.8 Å². The highest BCUT2D eigenvalue weighted by atomic mass is 32.1. The van der Waals surface area contributed by atoms with Gasteiger partial charge in [0, 0.05) is 9.75 Å². The van der Waals surface area contributed by atoms with E-state index >= 15 is 0 Å². The van der Waals surface area contributed by atoms with Crippen LogP contribution in [0.4, 0.5) is 0 Å². The van der Waals surface area contributed by atoms with Gasteiger partial charge in [-0.25, -0.2) is 0 Å². The minimum Gasteiger partial charge on any atom is -0.145 e. The molecule has 2 rings (SSSR count). The SMILES string of the molecule is Cc1ccc(C2CCCC2C(C)C)s1. The molecule has 0 aliphatic heterocycles. The predicted molar refractivity (Wildman–Crippen MR) is 64.0 cm³/mol. The summed E-state index contributed by atoms with van der Waals surface area (Å²) in [5.74, 6) is 2.66. The molecule has 0 bridgehead atoms. The summed E-state index contributed by atoms with van der Waals surface area (Å²) >= 11 is 2.01. The quantitative estimate of drug-likeness (QED) is 0.666. The Kier molecular flexibility index (Phi) is 2.96. The molecule has 1 aromatic heterocycles. The summed E-state index contributed by atoms with van der Waals surface area (Å²) in [6.07, 6.45) is 4.30. The van der Waals surface area contributed by atoms with Crippen molar-refractivity contribution in [3.05, 3.63) is 21.9 Å². The molecule has 1 aromatic rings. The molecule has 1 aliphatic carbocycles. The van der Waals surface area contributed by atoms with E-state index in [4.69, 9.17) is 0 Å². The van der Waals surface area contributed by atoms with Gasteiger partial charge in [0.2, 0.25) is 0 Å². The largest absolute Gasteiger partial charge is 0.145 e. The fraction of sp³-hybridized carbons (Fsp3) is 0.692. The third-order valence-electron chi connectivity index (χ3n) is 3.55. The average molecular weight is 208 g/mol. The first kappa shape index (κ1) is 10.2. The van der Waals surface area contributed by atoms with Crippen LogP contribution in [0.5, 0.6) is 0 Å². The molecule has 78 valence electrons. The average Bonchev–Trinajstić information content (AvgIpc) is 2.70. The van der Waals surface area contributed by atoms with E-state index < -0.39 is 0 Å². The van der Waals surface area contributed by atoms with Gasteiger partial charge in [-0.3, -0.25) is 0 Å². The van der Waals surface area contributed by atoms with E-state index in [0.29, 0.717) is 0 Å². The van der Waals surface area contributed by atoms with Crippen LogP contribution in [0, 0.1) is 18.8 Å². The van der Waals surface area contributed by atoms with E-state index in [2.05, 4.69) is 32.9 Å². The highest BCUT2D eigenvalue weighted by molar-refractivity contribution is 7.12. The number of rotatable bonds is 2. The van der Waals surface area contributed by atoms with Crippen molar-refractivity contribution in [1.82, 2.24) is 0 Å². The summed E-state index contributed by atoms with van der Waals surface area (Å²) in [7, 11) is 0. The Labute approximate surface area is 91.4 Å². The van der Waals surface area contributed by atoms with E-state index in [1.54, 1.807) is 4.88 Å². The van der Waals surface area contributed by atoms with Crippen LogP contribution < -0.4 is 0 Å². The highest BCUT2D eigenvalue weighted by Crippen LogP contribution is 2.45. The van der Waals surface area contributed by atoms with Crippen molar-refractivity contribution in [1.29, 1.82) is 0 Å². The molecule has 0 radical (unpaired) electrons. The lowest BCUT2D eigenvalue weighted by Gasteiger charge is -2.21. The normalized spacial score (nSPS) is 27.4. The Bertz CT molecular complexity index is 298. The number of hydrogen-bond acceptors (Lipinski definition) is 1. The molecule has 1 saturated carbocycles. The van der Waals surface area contributed by atoms with Crippen LogP contribution in [-0.4, -0.2) is 0 Å². The van der Waals surface area contributed by atoms with E-state index in [1.807, 2.05) is 11.3 Å². The van der Waals surface area contributed by atoms with Crippen LogP contribution in [0.1, 0.15) is 48.8 Å². The van der Waals surface area contributed by atoms with Crippen LogP contribution >= 0.6 is 11.3 Å². The molecule has 0 nitrogen and oxygen atoms in total. The molecule has 0 N–H and O–H groups in total. The maximum Gasteiger partial charge on any atom is 0.00818 e. The van der Waals surface area contributed by atoms with Crippen LogP contribution in [-0.2, 0) is 0 Å². The molecule has 1 heterocycles. The van der Waals surface area contributed by atoms with Crippen molar-refractivity contribution < 1.29 is 0 Å². The molecular formula is C13H20S. The third kappa shape index (κ3) is 1.88. The first-order valence-electron chi connectivity index (χ1n) is 5.75. The lowest BCUT2D eigenvalue weighted by molar-refractivity contribution is 0.360. The van der Waals surface area contributed by atoms with Crippen LogP contribution in [0.15, 0.2) is 12.1 Å². The molecule has 0 saturated heterocycles. The summed E-state index contributed by atoms with van der Waals surface area (Å²) in [5, 5.41) is 0. The molecule has 2 atom stereocenters. The van der Waals surface area contributed by atoms with Crippen LogP contribution in [0.2, 0.25) is 0 Å². The zero-order valence-corrected chi connectivity index (χ0v) is 10.2. The molecule has 2 unspecified atom stereocenters. The van der Waals surface area contributed by atoms with Crippen molar-refractivity contribution in [3.63, 3.8) is 0 Å². The Balaban J connectivity index is 2.17. The first-order chi connectivity index (χ1) is 6.68.